The van der Waals surface area contributed by atoms with Crippen LogP contribution in [0.2, 0.25) is 0 Å². The van der Waals surface area contributed by atoms with Crippen LogP contribution in [0.15, 0.2) is 24.3 Å². The van der Waals surface area contributed by atoms with Crippen molar-refractivity contribution in [3.05, 3.63) is 24.3 Å². The van der Waals surface area contributed by atoms with Gasteiger partial charge in [-0.05, 0) is 30.3 Å². The molecule has 0 heterocycles. The monoisotopic (exact) mass is 206 g/mol. The van der Waals surface area contributed by atoms with Crippen LogP contribution in [0, 0.1) is 11.3 Å². The van der Waals surface area contributed by atoms with Gasteiger partial charge in [-0.3, -0.25) is 4.79 Å². The van der Waals surface area contributed by atoms with Gasteiger partial charge in [-0.2, -0.15) is 0 Å². The van der Waals surface area contributed by atoms with Crippen molar-refractivity contribution < 1.29 is 9.53 Å². The lowest BCUT2D eigenvalue weighted by Gasteiger charge is -2.38. The normalized spacial score (nSPS) is 28.3. The van der Waals surface area contributed by atoms with E-state index in [0.29, 0.717) is 0 Å². The molecule has 2 aliphatic rings. The number of methoxy groups -OCH3 is 1. The van der Waals surface area contributed by atoms with Crippen LogP contribution in [0.25, 0.3) is 0 Å². The molecule has 2 nitrogen and oxygen atoms in total. The molecule has 15 heavy (non-hydrogen) atoms. The third kappa shape index (κ3) is 1.62. The van der Waals surface area contributed by atoms with E-state index in [-0.39, 0.29) is 17.3 Å². The van der Waals surface area contributed by atoms with Crippen molar-refractivity contribution >= 4 is 5.97 Å². The molecule has 0 aromatic carbocycles. The molecule has 0 aromatic heterocycles. The van der Waals surface area contributed by atoms with Crippen LogP contribution in [-0.2, 0) is 9.53 Å². The zero-order valence-corrected chi connectivity index (χ0v) is 9.29. The maximum atomic E-state index is 11.8. The second kappa shape index (κ2) is 3.84. The summed E-state index contributed by atoms with van der Waals surface area (Å²) in [4.78, 5) is 11.8. The molecule has 2 aliphatic carbocycles. The number of rotatable bonds is 1. The summed E-state index contributed by atoms with van der Waals surface area (Å²) in [5.41, 5.74) is 1.05. The van der Waals surface area contributed by atoms with Gasteiger partial charge in [-0.1, -0.05) is 31.6 Å². The first-order chi connectivity index (χ1) is 7.19. The Morgan fingerprint density at radius 1 is 1.53 bits per heavy atom. The maximum Gasteiger partial charge on any atom is 0.313 e. The predicted molar refractivity (Wildman–Crippen MR) is 59.3 cm³/mol. The van der Waals surface area contributed by atoms with Crippen molar-refractivity contribution in [2.24, 2.45) is 11.3 Å². The number of carbonyl (C=O) groups excluding carboxylic acids is 1. The van der Waals surface area contributed by atoms with Gasteiger partial charge < -0.3 is 4.74 Å². The Morgan fingerprint density at radius 2 is 2.20 bits per heavy atom. The van der Waals surface area contributed by atoms with E-state index in [0.717, 1.165) is 24.8 Å². The van der Waals surface area contributed by atoms with Crippen LogP contribution in [0.4, 0.5) is 0 Å². The number of hydrogen-bond acceptors (Lipinski definition) is 2. The molecule has 1 fully saturated rings. The van der Waals surface area contributed by atoms with Crippen molar-refractivity contribution in [3.8, 4) is 0 Å². The zero-order chi connectivity index (χ0) is 10.9. The Hall–Kier alpha value is -1.05. The van der Waals surface area contributed by atoms with Crippen LogP contribution in [0.5, 0.6) is 0 Å². The molecule has 0 saturated heterocycles. The van der Waals surface area contributed by atoms with E-state index < -0.39 is 0 Å². The Morgan fingerprint density at radius 3 is 2.80 bits per heavy atom. The van der Waals surface area contributed by atoms with Crippen molar-refractivity contribution in [2.75, 3.05) is 7.11 Å². The van der Waals surface area contributed by atoms with Crippen molar-refractivity contribution in [1.29, 1.82) is 0 Å². The molecule has 0 aromatic rings. The average molecular weight is 206 g/mol. The molecule has 0 radical (unpaired) electrons. The van der Waals surface area contributed by atoms with Gasteiger partial charge in [0.15, 0.2) is 0 Å². The van der Waals surface area contributed by atoms with Crippen LogP contribution < -0.4 is 0 Å². The van der Waals surface area contributed by atoms with Gasteiger partial charge in [0.2, 0.25) is 0 Å². The third-order valence-electron chi connectivity index (χ3n) is 3.88. The summed E-state index contributed by atoms with van der Waals surface area (Å²) in [5, 5.41) is 0. The lowest BCUT2D eigenvalue weighted by molar-refractivity contribution is -0.148. The molecule has 0 N–H and O–H groups in total. The summed E-state index contributed by atoms with van der Waals surface area (Å²) >= 11 is 0. The fourth-order valence-corrected chi connectivity index (χ4v) is 3.14. The molecule has 0 bridgehead atoms. The summed E-state index contributed by atoms with van der Waals surface area (Å²) in [6, 6.07) is 0. The molecule has 1 atom stereocenters. The number of carbonyl (C=O) groups is 1. The van der Waals surface area contributed by atoms with Gasteiger partial charge in [-0.25, -0.2) is 0 Å². The van der Waals surface area contributed by atoms with Crippen LogP contribution in [0.3, 0.4) is 0 Å². The minimum atomic E-state index is -0.105. The van der Waals surface area contributed by atoms with E-state index in [1.807, 2.05) is 6.08 Å². The minimum absolute atomic E-state index is 0.102. The molecule has 1 saturated carbocycles. The van der Waals surface area contributed by atoms with Gasteiger partial charge >= 0.3 is 5.97 Å². The number of allylic oxidation sites excluding steroid dienone is 2. The highest BCUT2D eigenvalue weighted by molar-refractivity contribution is 5.78. The standard InChI is InChI=1S/C13H18O2/c1-10-6-5-9-13(7-3-4-8-13)11(10)12(14)15-2/h5-6,11H,1,3-4,7-9H2,2H3. The molecule has 0 amide bonds. The molecule has 1 spiro atoms. The maximum absolute atomic E-state index is 11.8. The summed E-state index contributed by atoms with van der Waals surface area (Å²) in [5.74, 6) is -0.207. The van der Waals surface area contributed by atoms with Crippen LogP contribution >= 0.6 is 0 Å². The van der Waals surface area contributed by atoms with Gasteiger partial charge in [0.1, 0.15) is 0 Å². The quantitative estimate of drug-likeness (QED) is 0.617. The second-order valence-corrected chi connectivity index (χ2v) is 4.71. The fraction of sp³-hybridized carbons (Fsp3) is 0.615. The third-order valence-corrected chi connectivity index (χ3v) is 3.88. The fourth-order valence-electron chi connectivity index (χ4n) is 3.14. The minimum Gasteiger partial charge on any atom is -0.469 e. The first-order valence-corrected chi connectivity index (χ1v) is 5.63. The van der Waals surface area contributed by atoms with Crippen LogP contribution in [0.1, 0.15) is 32.1 Å². The zero-order valence-electron chi connectivity index (χ0n) is 9.29. The van der Waals surface area contributed by atoms with E-state index in [2.05, 4.69) is 12.7 Å². The highest BCUT2D eigenvalue weighted by atomic mass is 16.5. The first-order valence-electron chi connectivity index (χ1n) is 5.63. The lowest BCUT2D eigenvalue weighted by Crippen LogP contribution is -2.37. The van der Waals surface area contributed by atoms with Crippen molar-refractivity contribution in [2.45, 2.75) is 32.1 Å². The summed E-state index contributed by atoms with van der Waals surface area (Å²) < 4.78 is 4.91. The highest BCUT2D eigenvalue weighted by Gasteiger charge is 2.46. The van der Waals surface area contributed by atoms with E-state index >= 15 is 0 Å². The number of esters is 1. The Bertz CT molecular complexity index is 308. The van der Waals surface area contributed by atoms with Gasteiger partial charge in [0.05, 0.1) is 13.0 Å². The predicted octanol–water partition coefficient (Wildman–Crippen LogP) is 2.85. The van der Waals surface area contributed by atoms with Gasteiger partial charge in [-0.15, -0.1) is 0 Å². The van der Waals surface area contributed by atoms with Crippen LogP contribution in [-0.4, -0.2) is 13.1 Å². The van der Waals surface area contributed by atoms with E-state index in [1.54, 1.807) is 0 Å². The van der Waals surface area contributed by atoms with E-state index in [1.165, 1.54) is 20.0 Å². The Labute approximate surface area is 91.0 Å². The molecule has 2 heteroatoms. The molecule has 1 unspecified atom stereocenters. The smallest absolute Gasteiger partial charge is 0.313 e. The molecule has 2 rings (SSSR count). The molecule has 82 valence electrons. The number of ether oxygens (including phenoxy) is 1. The largest absolute Gasteiger partial charge is 0.469 e. The molecule has 0 aliphatic heterocycles. The van der Waals surface area contributed by atoms with Crippen molar-refractivity contribution in [3.63, 3.8) is 0 Å². The van der Waals surface area contributed by atoms with E-state index in [9.17, 15) is 4.79 Å². The topological polar surface area (TPSA) is 26.3 Å². The van der Waals surface area contributed by atoms with Crippen molar-refractivity contribution in [1.82, 2.24) is 0 Å². The Balaban J connectivity index is 2.32. The SMILES string of the molecule is C=C1C=CCC2(CCCC2)C1C(=O)OC. The van der Waals surface area contributed by atoms with E-state index in [4.69, 9.17) is 4.74 Å². The molecular weight excluding hydrogens is 188 g/mol. The summed E-state index contributed by atoms with van der Waals surface area (Å²) in [7, 11) is 1.47. The summed E-state index contributed by atoms with van der Waals surface area (Å²) in [6.45, 7) is 4.00. The van der Waals surface area contributed by atoms with Gasteiger partial charge in [0, 0.05) is 0 Å². The van der Waals surface area contributed by atoms with Gasteiger partial charge in [0.25, 0.3) is 0 Å². The Kier molecular flexibility index (Phi) is 2.68. The highest BCUT2D eigenvalue weighted by Crippen LogP contribution is 2.52. The first kappa shape index (κ1) is 10.5. The lowest BCUT2D eigenvalue weighted by atomic mass is 9.66. The summed E-state index contributed by atoms with van der Waals surface area (Å²) in [6.07, 6.45) is 9.87. The second-order valence-electron chi connectivity index (χ2n) is 4.71. The number of hydrogen-bond donors (Lipinski definition) is 0. The average Bonchev–Trinajstić information content (AvgIpc) is 2.66. The molecular formula is C13H18O2.